The fraction of sp³-hybridized carbons (Fsp3) is 0.0769. The third-order valence-corrected chi connectivity index (χ3v) is 5.44. The maximum absolute atomic E-state index is 12.1. The Labute approximate surface area is 131 Å². The van der Waals surface area contributed by atoms with Crippen LogP contribution in [0.15, 0.2) is 50.6 Å². The number of hydrogen-bond donors (Lipinski definition) is 2. The number of sulfonamides is 1. The van der Waals surface area contributed by atoms with Crippen LogP contribution >= 0.6 is 11.3 Å². The molecule has 0 saturated heterocycles. The van der Waals surface area contributed by atoms with Gasteiger partial charge in [-0.1, -0.05) is 11.2 Å². The zero-order valence-electron chi connectivity index (χ0n) is 11.5. The van der Waals surface area contributed by atoms with E-state index in [0.29, 0.717) is 23.1 Å². The number of aromatic nitrogens is 2. The lowest BCUT2D eigenvalue weighted by molar-refractivity contribution is 0.400. The molecule has 0 aromatic carbocycles. The third kappa shape index (κ3) is 3.26. The van der Waals surface area contributed by atoms with Gasteiger partial charge in [-0.05, 0) is 30.5 Å². The molecule has 0 atom stereocenters. The summed E-state index contributed by atoms with van der Waals surface area (Å²) >= 11 is 1.15. The fourth-order valence-corrected chi connectivity index (χ4v) is 3.74. The van der Waals surface area contributed by atoms with Crippen LogP contribution in [0.4, 0.5) is 17.3 Å². The maximum atomic E-state index is 12.1. The summed E-state index contributed by atoms with van der Waals surface area (Å²) in [7, 11) is -3.56. The number of hydrogen-bond acceptors (Lipinski definition) is 7. The average Bonchev–Trinajstić information content (AvgIpc) is 3.13. The second-order valence-corrected chi connectivity index (χ2v) is 7.27. The van der Waals surface area contributed by atoms with Crippen LogP contribution in [-0.4, -0.2) is 18.6 Å². The number of nitrogens with one attached hydrogen (secondary N) is 2. The van der Waals surface area contributed by atoms with E-state index in [0.717, 1.165) is 11.3 Å². The van der Waals surface area contributed by atoms with Crippen molar-refractivity contribution in [3.05, 3.63) is 47.7 Å². The number of aryl methyl sites for hydroxylation is 1. The number of pyridine rings is 1. The fourth-order valence-electron chi connectivity index (χ4n) is 1.71. The van der Waals surface area contributed by atoms with Crippen molar-refractivity contribution >= 4 is 38.7 Å². The molecule has 7 nitrogen and oxygen atoms in total. The van der Waals surface area contributed by atoms with Crippen molar-refractivity contribution in [3.63, 3.8) is 0 Å². The van der Waals surface area contributed by atoms with E-state index in [1.54, 1.807) is 42.6 Å². The van der Waals surface area contributed by atoms with Gasteiger partial charge in [0, 0.05) is 6.07 Å². The van der Waals surface area contributed by atoms with Crippen molar-refractivity contribution in [2.75, 3.05) is 10.0 Å². The van der Waals surface area contributed by atoms with Crippen LogP contribution in [-0.2, 0) is 10.0 Å². The molecule has 22 heavy (non-hydrogen) atoms. The number of thiophene rings is 1. The molecule has 0 radical (unpaired) electrons. The summed E-state index contributed by atoms with van der Waals surface area (Å²) in [5.41, 5.74) is 0.385. The largest absolute Gasteiger partial charge is 0.360 e. The number of nitrogens with zero attached hydrogens (tertiary/aromatic N) is 2. The molecule has 114 valence electrons. The number of rotatable bonds is 5. The van der Waals surface area contributed by atoms with Crippen molar-refractivity contribution in [2.24, 2.45) is 0 Å². The molecule has 0 saturated carbocycles. The first-order chi connectivity index (χ1) is 10.5. The Kier molecular flexibility index (Phi) is 3.82. The van der Waals surface area contributed by atoms with E-state index in [1.807, 2.05) is 0 Å². The van der Waals surface area contributed by atoms with Crippen molar-refractivity contribution < 1.29 is 12.9 Å². The van der Waals surface area contributed by atoms with Crippen molar-refractivity contribution in [3.8, 4) is 0 Å². The first-order valence-electron chi connectivity index (χ1n) is 6.26. The standard InChI is InChI=1S/C13H12N4O3S2/c1-9-7-12(16-20-9)15-11-5-4-10(8-14-11)17-22(18,19)13-3-2-6-21-13/h2-8,17H,1H3,(H,14,15,16). The van der Waals surface area contributed by atoms with Crippen molar-refractivity contribution in [2.45, 2.75) is 11.1 Å². The highest BCUT2D eigenvalue weighted by atomic mass is 32.2. The van der Waals surface area contributed by atoms with Crippen LogP contribution in [0.2, 0.25) is 0 Å². The second-order valence-electron chi connectivity index (χ2n) is 4.42. The minimum Gasteiger partial charge on any atom is -0.360 e. The smallest absolute Gasteiger partial charge is 0.271 e. The zero-order chi connectivity index (χ0) is 15.6. The van der Waals surface area contributed by atoms with Crippen molar-refractivity contribution in [1.82, 2.24) is 10.1 Å². The van der Waals surface area contributed by atoms with Gasteiger partial charge in [0.15, 0.2) is 5.82 Å². The molecule has 3 aromatic heterocycles. The average molecular weight is 336 g/mol. The molecule has 3 heterocycles. The van der Waals surface area contributed by atoms with E-state index >= 15 is 0 Å². The summed E-state index contributed by atoms with van der Waals surface area (Å²) < 4.78 is 31.8. The van der Waals surface area contributed by atoms with Gasteiger partial charge in [-0.3, -0.25) is 4.72 Å². The van der Waals surface area contributed by atoms with Crippen LogP contribution < -0.4 is 10.0 Å². The van der Waals surface area contributed by atoms with Crippen molar-refractivity contribution in [1.29, 1.82) is 0 Å². The molecular weight excluding hydrogens is 324 g/mol. The summed E-state index contributed by atoms with van der Waals surface area (Å²) in [5.74, 6) is 1.76. The monoisotopic (exact) mass is 336 g/mol. The lowest BCUT2D eigenvalue weighted by Gasteiger charge is -2.07. The Bertz CT molecular complexity index is 855. The van der Waals surface area contributed by atoms with Crippen LogP contribution in [0, 0.1) is 6.92 Å². The van der Waals surface area contributed by atoms with E-state index in [1.165, 1.54) is 6.20 Å². The Morgan fingerprint density at radius 3 is 2.68 bits per heavy atom. The van der Waals surface area contributed by atoms with Gasteiger partial charge in [-0.2, -0.15) is 0 Å². The zero-order valence-corrected chi connectivity index (χ0v) is 13.1. The quantitative estimate of drug-likeness (QED) is 0.743. The van der Waals surface area contributed by atoms with Gasteiger partial charge in [0.1, 0.15) is 15.8 Å². The van der Waals surface area contributed by atoms with E-state index in [4.69, 9.17) is 4.52 Å². The Hall–Kier alpha value is -2.39. The van der Waals surface area contributed by atoms with Crippen LogP contribution in [0.5, 0.6) is 0 Å². The molecule has 2 N–H and O–H groups in total. The van der Waals surface area contributed by atoms with Crippen LogP contribution in [0.1, 0.15) is 5.76 Å². The molecule has 3 rings (SSSR count). The predicted molar refractivity (Wildman–Crippen MR) is 83.9 cm³/mol. The second kappa shape index (κ2) is 5.78. The molecular formula is C13H12N4O3S2. The molecule has 0 unspecified atom stereocenters. The van der Waals surface area contributed by atoms with Gasteiger partial charge in [-0.15, -0.1) is 11.3 Å². The van der Waals surface area contributed by atoms with Gasteiger partial charge in [0.2, 0.25) is 0 Å². The molecule has 9 heteroatoms. The van der Waals surface area contributed by atoms with E-state index in [9.17, 15) is 8.42 Å². The van der Waals surface area contributed by atoms with Gasteiger partial charge in [0.25, 0.3) is 10.0 Å². The Morgan fingerprint density at radius 1 is 1.23 bits per heavy atom. The number of anilines is 3. The first kappa shape index (κ1) is 14.5. The van der Waals surface area contributed by atoms with E-state index in [-0.39, 0.29) is 4.21 Å². The summed E-state index contributed by atoms with van der Waals surface area (Å²) in [6.07, 6.45) is 1.43. The Morgan fingerprint density at radius 2 is 2.09 bits per heavy atom. The van der Waals surface area contributed by atoms with Gasteiger partial charge in [-0.25, -0.2) is 13.4 Å². The summed E-state index contributed by atoms with van der Waals surface area (Å²) in [6, 6.07) is 8.23. The minimum absolute atomic E-state index is 0.257. The van der Waals surface area contributed by atoms with Gasteiger partial charge in [0.05, 0.1) is 11.9 Å². The molecule has 0 fully saturated rings. The molecule has 0 aliphatic rings. The van der Waals surface area contributed by atoms with E-state index in [2.05, 4.69) is 20.2 Å². The molecule has 0 spiro atoms. The molecule has 3 aromatic rings. The summed E-state index contributed by atoms with van der Waals surface area (Å²) in [5, 5.41) is 8.45. The summed E-state index contributed by atoms with van der Waals surface area (Å²) in [6.45, 7) is 1.79. The molecule has 0 aliphatic heterocycles. The van der Waals surface area contributed by atoms with E-state index < -0.39 is 10.0 Å². The summed E-state index contributed by atoms with van der Waals surface area (Å²) in [4.78, 5) is 4.13. The lowest BCUT2D eigenvalue weighted by Crippen LogP contribution is -2.11. The molecule has 0 aliphatic carbocycles. The van der Waals surface area contributed by atoms with Crippen LogP contribution in [0.3, 0.4) is 0 Å². The third-order valence-electron chi connectivity index (χ3n) is 2.66. The highest BCUT2D eigenvalue weighted by molar-refractivity contribution is 7.94. The SMILES string of the molecule is Cc1cc(Nc2ccc(NS(=O)(=O)c3cccs3)cn2)no1. The maximum Gasteiger partial charge on any atom is 0.271 e. The normalized spacial score (nSPS) is 11.3. The lowest BCUT2D eigenvalue weighted by atomic mass is 10.4. The molecule has 0 bridgehead atoms. The Balaban J connectivity index is 1.72. The highest BCUT2D eigenvalue weighted by Crippen LogP contribution is 2.21. The van der Waals surface area contributed by atoms with Gasteiger partial charge >= 0.3 is 0 Å². The van der Waals surface area contributed by atoms with Gasteiger partial charge < -0.3 is 9.84 Å². The predicted octanol–water partition coefficient (Wildman–Crippen LogP) is 2.98. The highest BCUT2D eigenvalue weighted by Gasteiger charge is 2.15. The first-order valence-corrected chi connectivity index (χ1v) is 8.62. The topological polar surface area (TPSA) is 97.1 Å². The van der Waals surface area contributed by atoms with Crippen LogP contribution in [0.25, 0.3) is 0 Å². The molecule has 0 amide bonds. The minimum atomic E-state index is -3.56.